The smallest absolute Gasteiger partial charge is 0.325 e. The number of hydrogen-bond donors (Lipinski definition) is 2. The molecule has 0 aromatic carbocycles. The number of rotatable bonds is 3. The first-order chi connectivity index (χ1) is 9.70. The highest BCUT2D eigenvalue weighted by Gasteiger charge is 2.64. The molecule has 0 aliphatic carbocycles. The van der Waals surface area contributed by atoms with Crippen LogP contribution in [0.3, 0.4) is 0 Å². The van der Waals surface area contributed by atoms with Crippen LogP contribution in [0.4, 0.5) is 18.0 Å². The summed E-state index contributed by atoms with van der Waals surface area (Å²) < 4.78 is 38.8. The summed E-state index contributed by atoms with van der Waals surface area (Å²) in [6.45, 7) is 0.382. The van der Waals surface area contributed by atoms with Crippen molar-refractivity contribution in [1.29, 1.82) is 0 Å². The van der Waals surface area contributed by atoms with Crippen LogP contribution < -0.4 is 11.1 Å². The molecule has 1 atom stereocenters. The Bertz CT molecular complexity index is 590. The number of halogens is 3. The van der Waals surface area contributed by atoms with Gasteiger partial charge < -0.3 is 11.1 Å². The van der Waals surface area contributed by atoms with Crippen molar-refractivity contribution in [2.24, 2.45) is 5.73 Å². The molecule has 3 amide bonds. The Balaban J connectivity index is 2.30. The van der Waals surface area contributed by atoms with Crippen LogP contribution >= 0.6 is 0 Å². The molecule has 21 heavy (non-hydrogen) atoms. The summed E-state index contributed by atoms with van der Waals surface area (Å²) in [7, 11) is 0. The minimum absolute atomic E-state index is 0.0519. The minimum Gasteiger partial charge on any atom is -0.325 e. The lowest BCUT2D eigenvalue weighted by Crippen LogP contribution is -2.56. The number of hydrogen-bond acceptors (Lipinski definition) is 4. The van der Waals surface area contributed by atoms with Gasteiger partial charge in [-0.05, 0) is 18.6 Å². The number of aromatic nitrogens is 1. The highest BCUT2D eigenvalue weighted by atomic mass is 19.4. The molecule has 0 radical (unpaired) electrons. The summed E-state index contributed by atoms with van der Waals surface area (Å²) in [4.78, 5) is 28.1. The summed E-state index contributed by atoms with van der Waals surface area (Å²) in [5.74, 6) is -1.34. The molecule has 1 aromatic rings. The van der Waals surface area contributed by atoms with Crippen LogP contribution in [0.15, 0.2) is 18.3 Å². The maximum Gasteiger partial charge on any atom is 0.420 e. The van der Waals surface area contributed by atoms with Crippen molar-refractivity contribution >= 4 is 11.9 Å². The number of urea groups is 1. The van der Waals surface area contributed by atoms with Crippen molar-refractivity contribution in [3.63, 3.8) is 0 Å². The number of carbonyl (C=O) groups excluding carboxylic acids is 2. The highest BCUT2D eigenvalue weighted by molar-refractivity contribution is 6.07. The molecule has 1 aromatic heterocycles. The lowest BCUT2D eigenvalue weighted by molar-refractivity contribution is -0.191. The monoisotopic (exact) mass is 302 g/mol. The van der Waals surface area contributed by atoms with E-state index in [1.54, 1.807) is 17.4 Å². The van der Waals surface area contributed by atoms with E-state index in [1.807, 2.05) is 0 Å². The van der Waals surface area contributed by atoms with E-state index in [2.05, 4.69) is 4.98 Å². The second-order valence-corrected chi connectivity index (χ2v) is 4.76. The van der Waals surface area contributed by atoms with E-state index >= 15 is 0 Å². The van der Waals surface area contributed by atoms with Crippen molar-refractivity contribution in [2.75, 3.05) is 0 Å². The van der Waals surface area contributed by atoms with Crippen molar-refractivity contribution in [3.05, 3.63) is 29.6 Å². The van der Waals surface area contributed by atoms with E-state index in [1.165, 1.54) is 6.20 Å². The molecule has 1 saturated heterocycles. The van der Waals surface area contributed by atoms with Crippen molar-refractivity contribution < 1.29 is 22.8 Å². The molecule has 1 aliphatic heterocycles. The second kappa shape index (κ2) is 4.99. The fraction of sp³-hybridized carbons (Fsp3) is 0.417. The summed E-state index contributed by atoms with van der Waals surface area (Å²) in [5.41, 5.74) is 3.40. The van der Waals surface area contributed by atoms with Crippen LogP contribution in [0.1, 0.15) is 18.2 Å². The molecule has 2 heterocycles. The predicted octanol–water partition coefficient (Wildman–Crippen LogP) is 0.913. The predicted molar refractivity (Wildman–Crippen MR) is 65.7 cm³/mol. The van der Waals surface area contributed by atoms with Gasteiger partial charge in [0.15, 0.2) is 0 Å². The van der Waals surface area contributed by atoms with Crippen LogP contribution in [0.5, 0.6) is 0 Å². The third-order valence-electron chi connectivity index (χ3n) is 3.35. The van der Waals surface area contributed by atoms with Gasteiger partial charge in [0.05, 0.1) is 12.2 Å². The summed E-state index contributed by atoms with van der Waals surface area (Å²) >= 11 is 0. The van der Waals surface area contributed by atoms with Crippen LogP contribution in [0.25, 0.3) is 0 Å². The highest BCUT2D eigenvalue weighted by Crippen LogP contribution is 2.35. The minimum atomic E-state index is -4.87. The Hall–Kier alpha value is -2.16. The van der Waals surface area contributed by atoms with Crippen LogP contribution in [0, 0.1) is 0 Å². The maximum absolute atomic E-state index is 12.9. The van der Waals surface area contributed by atoms with Crippen LogP contribution in [-0.2, 0) is 17.9 Å². The van der Waals surface area contributed by atoms with Crippen LogP contribution in [-0.4, -0.2) is 33.5 Å². The van der Waals surface area contributed by atoms with E-state index in [-0.39, 0.29) is 13.1 Å². The summed E-state index contributed by atoms with van der Waals surface area (Å²) in [5, 5.41) is 1.69. The second-order valence-electron chi connectivity index (χ2n) is 4.76. The molecule has 2 rings (SSSR count). The molecule has 0 bridgehead atoms. The largest absolute Gasteiger partial charge is 0.420 e. The van der Waals surface area contributed by atoms with Gasteiger partial charge in [0.2, 0.25) is 5.54 Å². The van der Waals surface area contributed by atoms with Gasteiger partial charge in [-0.1, -0.05) is 6.07 Å². The first-order valence-electron chi connectivity index (χ1n) is 6.04. The van der Waals surface area contributed by atoms with Gasteiger partial charge in [-0.2, -0.15) is 13.2 Å². The quantitative estimate of drug-likeness (QED) is 0.812. The van der Waals surface area contributed by atoms with Crippen molar-refractivity contribution in [1.82, 2.24) is 15.2 Å². The van der Waals surface area contributed by atoms with E-state index in [0.29, 0.717) is 23.1 Å². The average Bonchev–Trinajstić information content (AvgIpc) is 2.63. The fourth-order valence-electron chi connectivity index (χ4n) is 2.00. The van der Waals surface area contributed by atoms with Crippen molar-refractivity contribution in [2.45, 2.75) is 31.7 Å². The lowest BCUT2D eigenvalue weighted by Gasteiger charge is -2.24. The number of nitrogens with two attached hydrogens (primary N) is 1. The van der Waals surface area contributed by atoms with Gasteiger partial charge in [-0.3, -0.25) is 14.7 Å². The number of pyridine rings is 1. The lowest BCUT2D eigenvalue weighted by atomic mass is 10.0. The van der Waals surface area contributed by atoms with Crippen LogP contribution in [0.2, 0.25) is 0 Å². The molecule has 3 N–H and O–H groups in total. The Labute approximate surface area is 118 Å². The third-order valence-corrected chi connectivity index (χ3v) is 3.35. The molecular formula is C12H13F3N4O2. The Morgan fingerprint density at radius 2 is 2.10 bits per heavy atom. The summed E-state index contributed by atoms with van der Waals surface area (Å²) in [6.07, 6.45) is -3.41. The average molecular weight is 302 g/mol. The Kier molecular flexibility index (Phi) is 3.62. The Morgan fingerprint density at radius 3 is 2.62 bits per heavy atom. The zero-order chi connectivity index (χ0) is 15.8. The SMILES string of the molecule is CC1(C(F)(F)F)NC(=O)N(Cc2cccnc2CN)C1=O. The fourth-order valence-corrected chi connectivity index (χ4v) is 2.00. The first-order valence-corrected chi connectivity index (χ1v) is 6.04. The van der Waals surface area contributed by atoms with Gasteiger partial charge in [-0.15, -0.1) is 0 Å². The van der Waals surface area contributed by atoms with E-state index in [9.17, 15) is 22.8 Å². The molecule has 0 spiro atoms. The van der Waals surface area contributed by atoms with Gasteiger partial charge in [-0.25, -0.2) is 4.79 Å². The molecule has 114 valence electrons. The standard InChI is InChI=1S/C12H13F3N4O2/c1-11(12(13,14)15)9(20)19(10(21)18-11)6-7-3-2-4-17-8(7)5-16/h2-4H,5-6,16H2,1H3,(H,18,21). The molecular weight excluding hydrogens is 289 g/mol. The maximum atomic E-state index is 12.9. The zero-order valence-corrected chi connectivity index (χ0v) is 11.1. The third kappa shape index (κ3) is 2.44. The zero-order valence-electron chi connectivity index (χ0n) is 11.1. The number of nitrogens with zero attached hydrogens (tertiary/aromatic N) is 2. The van der Waals surface area contributed by atoms with Gasteiger partial charge >= 0.3 is 12.2 Å². The molecule has 6 nitrogen and oxygen atoms in total. The summed E-state index contributed by atoms with van der Waals surface area (Å²) in [6, 6.07) is 2.01. The van der Waals surface area contributed by atoms with E-state index < -0.39 is 23.7 Å². The van der Waals surface area contributed by atoms with Gasteiger partial charge in [0.1, 0.15) is 0 Å². The first kappa shape index (κ1) is 15.2. The Morgan fingerprint density at radius 1 is 1.43 bits per heavy atom. The van der Waals surface area contributed by atoms with E-state index in [0.717, 1.165) is 0 Å². The normalized spacial score (nSPS) is 22.6. The van der Waals surface area contributed by atoms with Gasteiger partial charge in [0, 0.05) is 12.7 Å². The molecule has 9 heteroatoms. The number of nitrogens with one attached hydrogen (secondary N) is 1. The number of imide groups is 1. The van der Waals surface area contributed by atoms with E-state index in [4.69, 9.17) is 5.73 Å². The number of carbonyl (C=O) groups is 2. The topological polar surface area (TPSA) is 88.3 Å². The molecule has 1 aliphatic rings. The number of alkyl halides is 3. The van der Waals surface area contributed by atoms with Crippen molar-refractivity contribution in [3.8, 4) is 0 Å². The molecule has 1 unspecified atom stereocenters. The molecule has 1 fully saturated rings. The van der Waals surface area contributed by atoms with Gasteiger partial charge in [0.25, 0.3) is 5.91 Å². The molecule has 0 saturated carbocycles. The number of amides is 3.